The zero-order valence-electron chi connectivity index (χ0n) is 17.5. The van der Waals surface area contributed by atoms with Crippen LogP contribution in [0.4, 0.5) is 0 Å². The second-order valence-corrected chi connectivity index (χ2v) is 9.23. The van der Waals surface area contributed by atoms with Crippen LogP contribution in [0.3, 0.4) is 0 Å². The van der Waals surface area contributed by atoms with Crippen molar-refractivity contribution in [2.45, 2.75) is 62.4 Å². The van der Waals surface area contributed by atoms with Crippen LogP contribution < -0.4 is 0 Å². The summed E-state index contributed by atoms with van der Waals surface area (Å²) in [5, 5.41) is 0.107. The summed E-state index contributed by atoms with van der Waals surface area (Å²) >= 11 is 1.80. The average molecular weight is 398 g/mol. The molecule has 2 aromatic rings. The van der Waals surface area contributed by atoms with E-state index in [0.717, 1.165) is 0 Å². The van der Waals surface area contributed by atoms with Crippen molar-refractivity contribution in [3.8, 4) is 0 Å². The van der Waals surface area contributed by atoms with Crippen LogP contribution in [-0.4, -0.2) is 34.3 Å². The fourth-order valence-corrected chi connectivity index (χ4v) is 6.21. The van der Waals surface area contributed by atoms with Crippen LogP contribution in [0.25, 0.3) is 0 Å². The highest BCUT2D eigenvalue weighted by atomic mass is 32.2. The molecule has 4 atom stereocenters. The highest BCUT2D eigenvalue weighted by Crippen LogP contribution is 2.50. The summed E-state index contributed by atoms with van der Waals surface area (Å²) in [5.41, 5.74) is 1.10. The number of benzene rings is 2. The number of hydrogen-bond acceptors (Lipinski definition) is 4. The number of carbonyl (C=O) groups is 1. The summed E-state index contributed by atoms with van der Waals surface area (Å²) in [6.45, 7) is 11.2. The minimum atomic E-state index is -0.175. The molecule has 2 aromatic carbocycles. The summed E-state index contributed by atoms with van der Waals surface area (Å²) in [6, 6.07) is 21.2. The average Bonchev–Trinajstić information content (AvgIpc) is 2.88. The van der Waals surface area contributed by atoms with Gasteiger partial charge in [0, 0.05) is 27.8 Å². The molecule has 1 aliphatic rings. The Morgan fingerprint density at radius 3 is 2.25 bits per heavy atom. The van der Waals surface area contributed by atoms with E-state index in [1.807, 2.05) is 19.1 Å². The van der Waals surface area contributed by atoms with Crippen molar-refractivity contribution in [3.63, 3.8) is 0 Å². The molecule has 0 spiro atoms. The summed E-state index contributed by atoms with van der Waals surface area (Å²) in [6.07, 6.45) is 0. The maximum atomic E-state index is 13.0. The van der Waals surface area contributed by atoms with Crippen molar-refractivity contribution in [2.75, 3.05) is 6.61 Å². The first-order valence-corrected chi connectivity index (χ1v) is 11.0. The smallest absolute Gasteiger partial charge is 0.311 e. The van der Waals surface area contributed by atoms with E-state index in [-0.39, 0.29) is 34.8 Å². The Morgan fingerprint density at radius 1 is 1.11 bits per heavy atom. The Bertz CT molecular complexity index is 778. The van der Waals surface area contributed by atoms with E-state index in [9.17, 15) is 4.79 Å². The first-order chi connectivity index (χ1) is 13.4. The molecule has 0 amide bonds. The van der Waals surface area contributed by atoms with Crippen molar-refractivity contribution in [1.82, 2.24) is 4.90 Å². The molecule has 3 nitrogen and oxygen atoms in total. The maximum Gasteiger partial charge on any atom is 0.311 e. The number of nitrogens with zero attached hydrogens (tertiary/aromatic N) is 1. The number of carbonyl (C=O) groups excluding carboxylic acids is 1. The van der Waals surface area contributed by atoms with Gasteiger partial charge in [-0.1, -0.05) is 48.5 Å². The van der Waals surface area contributed by atoms with Crippen LogP contribution in [-0.2, 0) is 9.53 Å². The van der Waals surface area contributed by atoms with Gasteiger partial charge in [0.25, 0.3) is 0 Å². The van der Waals surface area contributed by atoms with E-state index in [0.29, 0.717) is 6.61 Å². The Hall–Kier alpha value is -1.78. The molecule has 1 fully saturated rings. The molecule has 0 unspecified atom stereocenters. The van der Waals surface area contributed by atoms with E-state index in [2.05, 4.69) is 81.1 Å². The fraction of sp³-hybridized carbons (Fsp3) is 0.458. The molecule has 28 heavy (non-hydrogen) atoms. The van der Waals surface area contributed by atoms with Crippen molar-refractivity contribution < 1.29 is 9.53 Å². The van der Waals surface area contributed by atoms with Crippen molar-refractivity contribution in [3.05, 3.63) is 66.2 Å². The third-order valence-electron chi connectivity index (χ3n) is 5.91. The van der Waals surface area contributed by atoms with Crippen LogP contribution >= 0.6 is 11.8 Å². The molecule has 1 heterocycles. The van der Waals surface area contributed by atoms with Gasteiger partial charge < -0.3 is 4.74 Å². The van der Waals surface area contributed by atoms with Crippen LogP contribution in [0, 0.1) is 5.92 Å². The van der Waals surface area contributed by atoms with Crippen LogP contribution in [0.15, 0.2) is 65.6 Å². The van der Waals surface area contributed by atoms with Gasteiger partial charge in [0.2, 0.25) is 0 Å². The zero-order valence-corrected chi connectivity index (χ0v) is 18.3. The van der Waals surface area contributed by atoms with Crippen LogP contribution in [0.2, 0.25) is 0 Å². The lowest BCUT2D eigenvalue weighted by Gasteiger charge is -2.41. The van der Waals surface area contributed by atoms with Gasteiger partial charge in [-0.15, -0.1) is 11.8 Å². The van der Waals surface area contributed by atoms with Gasteiger partial charge in [0.1, 0.15) is 0 Å². The topological polar surface area (TPSA) is 29.5 Å². The molecule has 0 aromatic heterocycles. The summed E-state index contributed by atoms with van der Waals surface area (Å²) in [7, 11) is 0. The summed E-state index contributed by atoms with van der Waals surface area (Å²) < 4.78 is 5.51. The lowest BCUT2D eigenvalue weighted by Crippen LogP contribution is -2.47. The molecule has 0 bridgehead atoms. The highest BCUT2D eigenvalue weighted by molar-refractivity contribution is 8.00. The molecule has 1 saturated heterocycles. The number of esters is 1. The molecule has 0 saturated carbocycles. The van der Waals surface area contributed by atoms with Crippen molar-refractivity contribution in [2.24, 2.45) is 5.92 Å². The van der Waals surface area contributed by atoms with Gasteiger partial charge in [-0.05, 0) is 52.3 Å². The predicted octanol–water partition coefficient (Wildman–Crippen LogP) is 5.57. The molecule has 3 rings (SSSR count). The lowest BCUT2D eigenvalue weighted by atomic mass is 9.93. The van der Waals surface area contributed by atoms with Crippen LogP contribution in [0.5, 0.6) is 0 Å². The van der Waals surface area contributed by atoms with E-state index in [4.69, 9.17) is 4.74 Å². The summed E-state index contributed by atoms with van der Waals surface area (Å²) in [4.78, 5) is 16.7. The number of thioether (sulfide) groups is 1. The molecule has 150 valence electrons. The normalized spacial score (nSPS) is 25.4. The molecule has 0 aliphatic carbocycles. The lowest BCUT2D eigenvalue weighted by molar-refractivity contribution is -0.148. The minimum absolute atomic E-state index is 0.0840. The van der Waals surface area contributed by atoms with Gasteiger partial charge in [-0.3, -0.25) is 9.69 Å². The van der Waals surface area contributed by atoms with E-state index < -0.39 is 0 Å². The number of rotatable bonds is 6. The Kier molecular flexibility index (Phi) is 6.51. The van der Waals surface area contributed by atoms with Gasteiger partial charge in [-0.2, -0.15) is 0 Å². The van der Waals surface area contributed by atoms with Crippen molar-refractivity contribution in [1.29, 1.82) is 0 Å². The Labute approximate surface area is 173 Å². The van der Waals surface area contributed by atoms with Gasteiger partial charge in [0.15, 0.2) is 0 Å². The molecular weight excluding hydrogens is 366 g/mol. The largest absolute Gasteiger partial charge is 0.466 e. The minimum Gasteiger partial charge on any atom is -0.466 e. The monoisotopic (exact) mass is 397 g/mol. The second-order valence-electron chi connectivity index (χ2n) is 8.02. The quantitative estimate of drug-likeness (QED) is 0.596. The zero-order chi connectivity index (χ0) is 20.3. The van der Waals surface area contributed by atoms with E-state index in [1.165, 1.54) is 10.5 Å². The standard InChI is InChI=1S/C24H31NO2S/c1-6-27-23(26)21-18(3)25(17(2)19-13-9-7-10-14-19)24(4,5)22(21)28-20-15-11-8-12-16-20/h7-18,21-22H,6H2,1-5H3/t17-,18-,21-,22-/m0/s1. The second kappa shape index (κ2) is 8.71. The van der Waals surface area contributed by atoms with Crippen LogP contribution in [0.1, 0.15) is 46.2 Å². The van der Waals surface area contributed by atoms with E-state index >= 15 is 0 Å². The van der Waals surface area contributed by atoms with Crippen molar-refractivity contribution >= 4 is 17.7 Å². The third-order valence-corrected chi connectivity index (χ3v) is 7.58. The first kappa shape index (κ1) is 20.9. The molecular formula is C24H31NO2S. The molecule has 4 heteroatoms. The third kappa shape index (κ3) is 3.99. The number of hydrogen-bond donors (Lipinski definition) is 0. The Balaban J connectivity index is 1.98. The Morgan fingerprint density at radius 2 is 1.68 bits per heavy atom. The maximum absolute atomic E-state index is 13.0. The predicted molar refractivity (Wildman–Crippen MR) is 116 cm³/mol. The molecule has 1 aliphatic heterocycles. The molecule has 0 N–H and O–H groups in total. The first-order valence-electron chi connectivity index (χ1n) is 10.1. The highest BCUT2D eigenvalue weighted by Gasteiger charge is 2.57. The van der Waals surface area contributed by atoms with Gasteiger partial charge in [-0.25, -0.2) is 0 Å². The number of ether oxygens (including phenoxy) is 1. The number of likely N-dealkylation sites (tertiary alicyclic amines) is 1. The van der Waals surface area contributed by atoms with Gasteiger partial charge in [0.05, 0.1) is 12.5 Å². The summed E-state index contributed by atoms with van der Waals surface area (Å²) in [5.74, 6) is -0.259. The fourth-order valence-electron chi connectivity index (χ4n) is 4.70. The van der Waals surface area contributed by atoms with E-state index in [1.54, 1.807) is 11.8 Å². The van der Waals surface area contributed by atoms with Gasteiger partial charge >= 0.3 is 5.97 Å². The SMILES string of the molecule is CCOC(=O)[C@H]1[C@H](C)N([C@@H](C)c2ccccc2)C(C)(C)[C@H]1Sc1ccccc1. The molecule has 0 radical (unpaired) electrons.